The van der Waals surface area contributed by atoms with Gasteiger partial charge in [-0.1, -0.05) is 29.3 Å². The van der Waals surface area contributed by atoms with E-state index < -0.39 is 6.10 Å². The number of aromatic nitrogens is 1. The minimum Gasteiger partial charge on any atom is -0.388 e. The molecule has 94 valence electrons. The van der Waals surface area contributed by atoms with Gasteiger partial charge in [0.1, 0.15) is 0 Å². The van der Waals surface area contributed by atoms with Gasteiger partial charge in [0.25, 0.3) is 0 Å². The van der Waals surface area contributed by atoms with Crippen LogP contribution < -0.4 is 0 Å². The number of benzene rings is 1. The van der Waals surface area contributed by atoms with Crippen LogP contribution in [0.5, 0.6) is 0 Å². The standard InChI is InChI=1S/C13H10BrCl2NO/c14-10-3-8(6-17-7-10)4-13(18)9-1-2-11(15)12(16)5-9/h1-3,5-7,13,18H,4H2. The third-order valence-electron chi connectivity index (χ3n) is 2.52. The van der Waals surface area contributed by atoms with Gasteiger partial charge >= 0.3 is 0 Å². The van der Waals surface area contributed by atoms with E-state index in [1.54, 1.807) is 30.6 Å². The van der Waals surface area contributed by atoms with Gasteiger partial charge in [0.2, 0.25) is 0 Å². The van der Waals surface area contributed by atoms with Crippen LogP contribution in [0.2, 0.25) is 10.0 Å². The number of nitrogens with zero attached hydrogens (tertiary/aromatic N) is 1. The molecule has 0 radical (unpaired) electrons. The molecule has 1 aromatic carbocycles. The van der Waals surface area contributed by atoms with Crippen molar-refractivity contribution in [2.45, 2.75) is 12.5 Å². The highest BCUT2D eigenvalue weighted by molar-refractivity contribution is 9.10. The van der Waals surface area contributed by atoms with E-state index in [0.717, 1.165) is 15.6 Å². The van der Waals surface area contributed by atoms with E-state index in [2.05, 4.69) is 20.9 Å². The second-order valence-corrected chi connectivity index (χ2v) is 5.63. The minimum absolute atomic E-state index is 0.445. The van der Waals surface area contributed by atoms with Crippen molar-refractivity contribution in [3.05, 3.63) is 62.3 Å². The maximum Gasteiger partial charge on any atom is 0.0831 e. The molecule has 0 bridgehead atoms. The summed E-state index contributed by atoms with van der Waals surface area (Å²) in [6.45, 7) is 0. The maximum atomic E-state index is 10.1. The van der Waals surface area contributed by atoms with Crippen LogP contribution in [-0.4, -0.2) is 10.1 Å². The Labute approximate surface area is 124 Å². The van der Waals surface area contributed by atoms with Crippen molar-refractivity contribution in [2.24, 2.45) is 0 Å². The van der Waals surface area contributed by atoms with Gasteiger partial charge in [-0.15, -0.1) is 0 Å². The van der Waals surface area contributed by atoms with E-state index in [0.29, 0.717) is 16.5 Å². The molecular formula is C13H10BrCl2NO. The van der Waals surface area contributed by atoms with Gasteiger partial charge in [0.15, 0.2) is 0 Å². The smallest absolute Gasteiger partial charge is 0.0831 e. The fourth-order valence-electron chi connectivity index (χ4n) is 1.63. The summed E-state index contributed by atoms with van der Waals surface area (Å²) < 4.78 is 0.890. The van der Waals surface area contributed by atoms with E-state index in [-0.39, 0.29) is 0 Å². The Balaban J connectivity index is 2.16. The normalized spacial score (nSPS) is 12.4. The first-order valence-corrected chi connectivity index (χ1v) is 6.83. The zero-order valence-electron chi connectivity index (χ0n) is 9.28. The van der Waals surface area contributed by atoms with Crippen LogP contribution in [0.15, 0.2) is 41.1 Å². The minimum atomic E-state index is -0.629. The van der Waals surface area contributed by atoms with Gasteiger partial charge in [0.05, 0.1) is 16.1 Å². The topological polar surface area (TPSA) is 33.1 Å². The van der Waals surface area contributed by atoms with E-state index in [1.165, 1.54) is 0 Å². The fourth-order valence-corrected chi connectivity index (χ4v) is 2.35. The lowest BCUT2D eigenvalue weighted by Gasteiger charge is -2.12. The lowest BCUT2D eigenvalue weighted by Crippen LogP contribution is -2.02. The third-order valence-corrected chi connectivity index (χ3v) is 3.69. The van der Waals surface area contributed by atoms with E-state index >= 15 is 0 Å². The van der Waals surface area contributed by atoms with Crippen molar-refractivity contribution >= 4 is 39.1 Å². The summed E-state index contributed by atoms with van der Waals surface area (Å²) in [6.07, 6.45) is 3.28. The number of halogens is 3. The van der Waals surface area contributed by atoms with Crippen LogP contribution in [0.4, 0.5) is 0 Å². The maximum absolute atomic E-state index is 10.1. The van der Waals surface area contributed by atoms with Crippen LogP contribution >= 0.6 is 39.1 Å². The molecule has 0 aliphatic heterocycles. The van der Waals surface area contributed by atoms with E-state index in [1.807, 2.05) is 6.07 Å². The molecule has 0 aliphatic carbocycles. The third kappa shape index (κ3) is 3.45. The van der Waals surface area contributed by atoms with Crippen LogP contribution in [-0.2, 0) is 6.42 Å². The Hall–Kier alpha value is -0.610. The Kier molecular flexibility index (Phi) is 4.62. The highest BCUT2D eigenvalue weighted by Crippen LogP contribution is 2.27. The molecule has 0 saturated carbocycles. The molecule has 0 aliphatic rings. The predicted molar refractivity (Wildman–Crippen MR) is 77.1 cm³/mol. The number of hydrogen-bond donors (Lipinski definition) is 1. The Morgan fingerprint density at radius 3 is 2.61 bits per heavy atom. The lowest BCUT2D eigenvalue weighted by atomic mass is 10.0. The van der Waals surface area contributed by atoms with Gasteiger partial charge in [-0.25, -0.2) is 0 Å². The summed E-state index contributed by atoms with van der Waals surface area (Å²) in [7, 11) is 0. The molecule has 1 unspecified atom stereocenters. The molecule has 1 aromatic heterocycles. The Bertz CT molecular complexity index is 562. The SMILES string of the molecule is OC(Cc1cncc(Br)c1)c1ccc(Cl)c(Cl)c1. The highest BCUT2D eigenvalue weighted by atomic mass is 79.9. The molecule has 0 amide bonds. The monoisotopic (exact) mass is 345 g/mol. The summed E-state index contributed by atoms with van der Waals surface area (Å²) in [5.41, 5.74) is 1.69. The first-order chi connectivity index (χ1) is 8.56. The molecule has 1 atom stereocenters. The summed E-state index contributed by atoms with van der Waals surface area (Å²) >= 11 is 15.1. The number of rotatable bonds is 3. The second kappa shape index (κ2) is 6.02. The lowest BCUT2D eigenvalue weighted by molar-refractivity contribution is 0.178. The van der Waals surface area contributed by atoms with Crippen LogP contribution in [0.1, 0.15) is 17.2 Å². The van der Waals surface area contributed by atoms with Crippen molar-refractivity contribution < 1.29 is 5.11 Å². The summed E-state index contributed by atoms with van der Waals surface area (Å²) in [6, 6.07) is 7.06. The van der Waals surface area contributed by atoms with Crippen molar-refractivity contribution in [3.63, 3.8) is 0 Å². The Morgan fingerprint density at radius 2 is 1.94 bits per heavy atom. The molecule has 2 rings (SSSR count). The zero-order chi connectivity index (χ0) is 13.1. The number of aliphatic hydroxyl groups excluding tert-OH is 1. The number of hydrogen-bond acceptors (Lipinski definition) is 2. The molecule has 2 aromatic rings. The summed E-state index contributed by atoms with van der Waals surface area (Å²) in [5, 5.41) is 11.1. The van der Waals surface area contributed by atoms with E-state index in [4.69, 9.17) is 23.2 Å². The first-order valence-electron chi connectivity index (χ1n) is 5.28. The molecular weight excluding hydrogens is 337 g/mol. The average Bonchev–Trinajstić information content (AvgIpc) is 2.32. The largest absolute Gasteiger partial charge is 0.388 e. The van der Waals surface area contributed by atoms with Gasteiger partial charge in [-0.3, -0.25) is 4.98 Å². The van der Waals surface area contributed by atoms with Gasteiger partial charge in [-0.05, 0) is 45.3 Å². The quantitative estimate of drug-likeness (QED) is 0.891. The number of aliphatic hydroxyl groups is 1. The van der Waals surface area contributed by atoms with Crippen molar-refractivity contribution in [2.75, 3.05) is 0 Å². The van der Waals surface area contributed by atoms with Gasteiger partial charge in [-0.2, -0.15) is 0 Å². The predicted octanol–water partition coefficient (Wildman–Crippen LogP) is 4.43. The molecule has 0 saturated heterocycles. The van der Waals surface area contributed by atoms with Crippen LogP contribution in [0, 0.1) is 0 Å². The molecule has 5 heteroatoms. The van der Waals surface area contributed by atoms with Crippen molar-refractivity contribution in [1.82, 2.24) is 4.98 Å². The molecule has 1 heterocycles. The van der Waals surface area contributed by atoms with Crippen molar-refractivity contribution in [3.8, 4) is 0 Å². The Morgan fingerprint density at radius 1 is 1.17 bits per heavy atom. The average molecular weight is 347 g/mol. The van der Waals surface area contributed by atoms with Crippen LogP contribution in [0.3, 0.4) is 0 Å². The number of pyridine rings is 1. The first kappa shape index (κ1) is 13.8. The highest BCUT2D eigenvalue weighted by Gasteiger charge is 2.11. The van der Waals surface area contributed by atoms with Gasteiger partial charge < -0.3 is 5.11 Å². The molecule has 18 heavy (non-hydrogen) atoms. The summed E-state index contributed by atoms with van der Waals surface area (Å²) in [4.78, 5) is 4.06. The molecule has 0 fully saturated rings. The van der Waals surface area contributed by atoms with Crippen LogP contribution in [0.25, 0.3) is 0 Å². The van der Waals surface area contributed by atoms with Gasteiger partial charge in [0, 0.05) is 23.3 Å². The second-order valence-electron chi connectivity index (χ2n) is 3.90. The molecule has 1 N–H and O–H groups in total. The van der Waals surface area contributed by atoms with Crippen molar-refractivity contribution in [1.29, 1.82) is 0 Å². The fraction of sp³-hybridized carbons (Fsp3) is 0.154. The summed E-state index contributed by atoms with van der Waals surface area (Å²) in [5.74, 6) is 0. The zero-order valence-corrected chi connectivity index (χ0v) is 12.4. The molecule has 2 nitrogen and oxygen atoms in total. The van der Waals surface area contributed by atoms with E-state index in [9.17, 15) is 5.11 Å². The molecule has 0 spiro atoms.